The third-order valence-corrected chi connectivity index (χ3v) is 8.34. The van der Waals surface area contributed by atoms with Crippen LogP contribution < -0.4 is 0 Å². The first-order chi connectivity index (χ1) is 15.8. The number of nitrogens with zero attached hydrogens (tertiary/aromatic N) is 1. The van der Waals surface area contributed by atoms with Crippen molar-refractivity contribution in [3.8, 4) is 0 Å². The molecule has 0 spiro atoms. The van der Waals surface area contributed by atoms with Crippen molar-refractivity contribution in [2.24, 2.45) is 0 Å². The zero-order valence-electron chi connectivity index (χ0n) is 19.1. The van der Waals surface area contributed by atoms with Crippen LogP contribution in [-0.2, 0) is 32.4 Å². The van der Waals surface area contributed by atoms with Crippen molar-refractivity contribution in [1.29, 1.82) is 0 Å². The molecule has 0 bridgehead atoms. The molecule has 0 amide bonds. The number of morpholine rings is 1. The van der Waals surface area contributed by atoms with Crippen LogP contribution in [-0.4, -0.2) is 50.6 Å². The van der Waals surface area contributed by atoms with Gasteiger partial charge in [-0.15, -0.1) is 0 Å². The molecule has 1 heterocycles. The first kappa shape index (κ1) is 23.5. The lowest BCUT2D eigenvalue weighted by atomic mass is 9.87. The second-order valence-corrected chi connectivity index (χ2v) is 10.6. The third-order valence-electron chi connectivity index (χ3n) is 6.45. The van der Waals surface area contributed by atoms with Crippen LogP contribution in [0.2, 0.25) is 0 Å². The van der Waals surface area contributed by atoms with Gasteiger partial charge in [-0.05, 0) is 67.5 Å². The number of allylic oxidation sites excluding steroid dienone is 2. The molecule has 1 fully saturated rings. The van der Waals surface area contributed by atoms with Gasteiger partial charge in [-0.3, -0.25) is 9.59 Å². The minimum atomic E-state index is -3.71. The molecule has 2 aromatic carbocycles. The maximum Gasteiger partial charge on any atom is 0.243 e. The molecule has 2 aliphatic rings. The summed E-state index contributed by atoms with van der Waals surface area (Å²) < 4.78 is 32.6. The van der Waals surface area contributed by atoms with Crippen LogP contribution in [0.3, 0.4) is 0 Å². The number of aryl methyl sites for hydroxylation is 3. The fraction of sp³-hybridized carbons (Fsp3) is 0.385. The Bertz CT molecular complexity index is 1220. The summed E-state index contributed by atoms with van der Waals surface area (Å²) in [4.78, 5) is 26.0. The predicted octanol–water partition coefficient (Wildman–Crippen LogP) is 3.58. The number of hydrogen-bond donors (Lipinski definition) is 0. The van der Waals surface area contributed by atoms with Gasteiger partial charge in [0.25, 0.3) is 0 Å². The van der Waals surface area contributed by atoms with Crippen molar-refractivity contribution in [3.05, 3.63) is 75.9 Å². The normalized spacial score (nSPS) is 16.9. The molecule has 1 saturated heterocycles. The highest BCUT2D eigenvalue weighted by Gasteiger charge is 2.30. The van der Waals surface area contributed by atoms with Crippen LogP contribution in [0.15, 0.2) is 52.9 Å². The Kier molecular flexibility index (Phi) is 6.93. The molecule has 0 aromatic heterocycles. The monoisotopic (exact) mass is 467 g/mol. The number of carbonyl (C=O) groups is 2. The molecule has 0 radical (unpaired) electrons. The lowest BCUT2D eigenvalue weighted by Gasteiger charge is -2.26. The van der Waals surface area contributed by atoms with E-state index >= 15 is 0 Å². The Morgan fingerprint density at radius 2 is 1.79 bits per heavy atom. The summed E-state index contributed by atoms with van der Waals surface area (Å²) in [5.41, 5.74) is 4.86. The topological polar surface area (TPSA) is 80.8 Å². The molecule has 7 heteroatoms. The van der Waals surface area contributed by atoms with Crippen molar-refractivity contribution < 1.29 is 22.7 Å². The van der Waals surface area contributed by atoms with Crippen LogP contribution >= 0.6 is 0 Å². The van der Waals surface area contributed by atoms with Gasteiger partial charge in [0.2, 0.25) is 10.0 Å². The molecule has 2 aromatic rings. The maximum atomic E-state index is 13.1. The first-order valence-electron chi connectivity index (χ1n) is 11.3. The number of hydrogen-bond acceptors (Lipinski definition) is 5. The van der Waals surface area contributed by atoms with Crippen molar-refractivity contribution in [2.75, 3.05) is 26.3 Å². The second kappa shape index (κ2) is 9.71. The summed E-state index contributed by atoms with van der Waals surface area (Å²) in [7, 11) is -3.71. The Balaban J connectivity index is 1.45. The average Bonchev–Trinajstić information content (AvgIpc) is 2.82. The Morgan fingerprint density at radius 1 is 1.03 bits per heavy atom. The molecular formula is C26H29NO5S. The van der Waals surface area contributed by atoms with Gasteiger partial charge in [0, 0.05) is 25.1 Å². The highest BCUT2D eigenvalue weighted by Crippen LogP contribution is 2.27. The lowest BCUT2D eigenvalue weighted by molar-refractivity contribution is -0.115. The Hall–Kier alpha value is -2.61. The van der Waals surface area contributed by atoms with E-state index in [1.54, 1.807) is 18.2 Å². The number of ether oxygens (including phenoxy) is 1. The van der Waals surface area contributed by atoms with E-state index in [1.807, 2.05) is 0 Å². The standard InChI is InChI=1S/C26H29NO5S/c1-18-6-7-20(16-19(18)2)4-3-5-25(28)23-11-9-21-8-10-22(17-24(21)26(23)29)33(30,31)27-12-14-32-15-13-27/h6-8,10-11,16-17H,3-5,9,12-15H2,1-2H3. The van der Waals surface area contributed by atoms with Crippen LogP contribution in [0.4, 0.5) is 0 Å². The van der Waals surface area contributed by atoms with E-state index in [0.717, 1.165) is 12.0 Å². The Morgan fingerprint density at radius 3 is 2.52 bits per heavy atom. The highest BCUT2D eigenvalue weighted by molar-refractivity contribution is 7.89. The molecule has 1 aliphatic heterocycles. The molecule has 4 rings (SSSR count). The highest BCUT2D eigenvalue weighted by atomic mass is 32.2. The molecule has 6 nitrogen and oxygen atoms in total. The average molecular weight is 468 g/mol. The largest absolute Gasteiger partial charge is 0.379 e. The van der Waals surface area contributed by atoms with Gasteiger partial charge in [-0.1, -0.05) is 30.3 Å². The van der Waals surface area contributed by atoms with E-state index in [1.165, 1.54) is 27.1 Å². The molecule has 0 saturated carbocycles. The fourth-order valence-electron chi connectivity index (χ4n) is 4.28. The second-order valence-electron chi connectivity index (χ2n) is 8.68. The van der Waals surface area contributed by atoms with E-state index in [4.69, 9.17) is 4.74 Å². The molecule has 1 aliphatic carbocycles. The van der Waals surface area contributed by atoms with E-state index in [2.05, 4.69) is 32.0 Å². The van der Waals surface area contributed by atoms with Crippen molar-refractivity contribution >= 4 is 21.6 Å². The molecule has 33 heavy (non-hydrogen) atoms. The SMILES string of the molecule is Cc1ccc(CCCC(=O)C2=CCc3ccc(S(=O)(=O)N4CCOCC4)cc3C2=O)cc1C. The number of ketones is 2. The first-order valence-corrected chi connectivity index (χ1v) is 12.8. The molecule has 174 valence electrons. The summed E-state index contributed by atoms with van der Waals surface area (Å²) in [5, 5.41) is 0. The smallest absolute Gasteiger partial charge is 0.243 e. The van der Waals surface area contributed by atoms with Gasteiger partial charge < -0.3 is 4.74 Å². The van der Waals surface area contributed by atoms with Crippen molar-refractivity contribution in [3.63, 3.8) is 0 Å². The summed E-state index contributed by atoms with van der Waals surface area (Å²) >= 11 is 0. The zero-order chi connectivity index (χ0) is 23.6. The minimum Gasteiger partial charge on any atom is -0.379 e. The van der Waals surface area contributed by atoms with E-state index in [0.29, 0.717) is 31.6 Å². The van der Waals surface area contributed by atoms with Gasteiger partial charge in [0.1, 0.15) is 0 Å². The molecule has 0 unspecified atom stereocenters. The van der Waals surface area contributed by atoms with E-state index in [9.17, 15) is 18.0 Å². The quantitative estimate of drug-likeness (QED) is 0.582. The van der Waals surface area contributed by atoms with Gasteiger partial charge in [0.05, 0.1) is 23.7 Å². The summed E-state index contributed by atoms with van der Waals surface area (Å²) in [6, 6.07) is 10.9. The fourth-order valence-corrected chi connectivity index (χ4v) is 5.71. The summed E-state index contributed by atoms with van der Waals surface area (Å²) in [6.45, 7) is 5.42. The maximum absolute atomic E-state index is 13.1. The van der Waals surface area contributed by atoms with E-state index < -0.39 is 10.0 Å². The summed E-state index contributed by atoms with van der Waals surface area (Å²) in [6.07, 6.45) is 3.83. The summed E-state index contributed by atoms with van der Waals surface area (Å²) in [5.74, 6) is -0.567. The lowest BCUT2D eigenvalue weighted by Crippen LogP contribution is -2.40. The van der Waals surface area contributed by atoms with Crippen LogP contribution in [0.25, 0.3) is 0 Å². The van der Waals surface area contributed by atoms with Crippen molar-refractivity contribution in [1.82, 2.24) is 4.31 Å². The number of sulfonamides is 1. The zero-order valence-corrected chi connectivity index (χ0v) is 19.9. The number of benzene rings is 2. The minimum absolute atomic E-state index is 0.0833. The molecule has 0 atom stereocenters. The Labute approximate surface area is 195 Å². The van der Waals surface area contributed by atoms with E-state index in [-0.39, 0.29) is 41.5 Å². The van der Waals surface area contributed by atoms with Crippen molar-refractivity contribution in [2.45, 2.75) is 44.4 Å². The van der Waals surface area contributed by atoms with Gasteiger partial charge in [-0.2, -0.15) is 4.31 Å². The predicted molar refractivity (Wildman–Crippen MR) is 126 cm³/mol. The third kappa shape index (κ3) is 5.00. The molecular weight excluding hydrogens is 438 g/mol. The number of Topliss-reactive ketones (excluding diaryl/α,β-unsaturated/α-hetero) is 2. The van der Waals surface area contributed by atoms with Crippen LogP contribution in [0, 0.1) is 13.8 Å². The number of rotatable bonds is 7. The van der Waals surface area contributed by atoms with Gasteiger partial charge in [0.15, 0.2) is 11.6 Å². The van der Waals surface area contributed by atoms with Gasteiger partial charge in [-0.25, -0.2) is 8.42 Å². The van der Waals surface area contributed by atoms with Crippen LogP contribution in [0.5, 0.6) is 0 Å². The van der Waals surface area contributed by atoms with Gasteiger partial charge >= 0.3 is 0 Å². The number of carbonyl (C=O) groups excluding carboxylic acids is 2. The molecule has 0 N–H and O–H groups in total. The van der Waals surface area contributed by atoms with Crippen LogP contribution in [0.1, 0.15) is 45.5 Å². The number of fused-ring (bicyclic) bond motifs is 1.